The van der Waals surface area contributed by atoms with Crippen LogP contribution in [0.2, 0.25) is 0 Å². The van der Waals surface area contributed by atoms with Gasteiger partial charge < -0.3 is 14.5 Å². The molecule has 0 saturated heterocycles. The van der Waals surface area contributed by atoms with Gasteiger partial charge in [-0.05, 0) is 56.0 Å². The number of anilines is 1. The van der Waals surface area contributed by atoms with Gasteiger partial charge >= 0.3 is 0 Å². The van der Waals surface area contributed by atoms with Gasteiger partial charge in [-0.3, -0.25) is 4.79 Å². The van der Waals surface area contributed by atoms with Gasteiger partial charge in [0.2, 0.25) is 0 Å². The van der Waals surface area contributed by atoms with Gasteiger partial charge in [0.25, 0.3) is 5.91 Å². The number of furan rings is 1. The van der Waals surface area contributed by atoms with Crippen molar-refractivity contribution < 1.29 is 13.9 Å². The Bertz CT molecular complexity index is 1140. The van der Waals surface area contributed by atoms with Gasteiger partial charge in [0, 0.05) is 28.8 Å². The highest BCUT2D eigenvalue weighted by molar-refractivity contribution is 6.35. The fourth-order valence-corrected chi connectivity index (χ4v) is 4.29. The van der Waals surface area contributed by atoms with Gasteiger partial charge in [-0.15, -0.1) is 0 Å². The van der Waals surface area contributed by atoms with E-state index < -0.39 is 0 Å². The molecular weight excluding hydrogens is 362 g/mol. The second kappa shape index (κ2) is 6.96. The van der Waals surface area contributed by atoms with Crippen molar-refractivity contribution >= 4 is 23.2 Å². The normalized spacial score (nSPS) is 16.5. The minimum atomic E-state index is -0.113. The van der Waals surface area contributed by atoms with E-state index in [0.29, 0.717) is 5.57 Å². The van der Waals surface area contributed by atoms with E-state index in [0.717, 1.165) is 58.9 Å². The number of benzene rings is 2. The van der Waals surface area contributed by atoms with Crippen molar-refractivity contribution in [2.75, 3.05) is 12.4 Å². The zero-order valence-electron chi connectivity index (χ0n) is 16.7. The molecule has 2 aromatic carbocycles. The molecule has 1 aliphatic heterocycles. The smallest absolute Gasteiger partial charge is 0.256 e. The maximum Gasteiger partial charge on any atom is 0.256 e. The quantitative estimate of drug-likeness (QED) is 0.594. The molecular formula is C25H23NO3. The Morgan fingerprint density at radius 3 is 2.66 bits per heavy atom. The molecule has 1 N–H and O–H groups in total. The molecule has 0 bridgehead atoms. The van der Waals surface area contributed by atoms with Crippen LogP contribution >= 0.6 is 0 Å². The van der Waals surface area contributed by atoms with Crippen LogP contribution < -0.4 is 10.1 Å². The van der Waals surface area contributed by atoms with Crippen LogP contribution in [-0.2, 0) is 17.6 Å². The summed E-state index contributed by atoms with van der Waals surface area (Å²) in [5.41, 5.74) is 7.03. The van der Waals surface area contributed by atoms with E-state index in [1.807, 2.05) is 24.3 Å². The maximum absolute atomic E-state index is 12.7. The average molecular weight is 385 g/mol. The van der Waals surface area contributed by atoms with Gasteiger partial charge in [0.1, 0.15) is 17.3 Å². The number of fused-ring (bicyclic) bond motifs is 2. The van der Waals surface area contributed by atoms with Gasteiger partial charge in [0.05, 0.1) is 12.7 Å². The van der Waals surface area contributed by atoms with Crippen LogP contribution in [0.25, 0.3) is 22.8 Å². The minimum absolute atomic E-state index is 0.113. The standard InChI is InChI=1S/C25H23NO3/c1-15-7-9-16(10-8-15)24-18-5-3-4-6-22(18)29-23(24)14-20-19-13-17(28-2)11-12-21(19)26-25(20)27/h7-14H,3-6H2,1-2H3,(H,26,27). The molecule has 0 saturated carbocycles. The minimum Gasteiger partial charge on any atom is -0.497 e. The van der Waals surface area contributed by atoms with Crippen molar-refractivity contribution in [3.05, 3.63) is 70.7 Å². The van der Waals surface area contributed by atoms with Crippen LogP contribution in [0.15, 0.2) is 46.9 Å². The molecule has 0 unspecified atom stereocenters. The Morgan fingerprint density at radius 2 is 1.86 bits per heavy atom. The number of nitrogens with one attached hydrogen (secondary N) is 1. The van der Waals surface area contributed by atoms with Crippen LogP contribution in [0.4, 0.5) is 5.69 Å². The Balaban J connectivity index is 1.69. The van der Waals surface area contributed by atoms with Gasteiger partial charge in [-0.2, -0.15) is 0 Å². The molecule has 0 radical (unpaired) electrons. The number of aryl methyl sites for hydroxylation is 2. The lowest BCUT2D eigenvalue weighted by Gasteiger charge is -2.11. The lowest BCUT2D eigenvalue weighted by molar-refractivity contribution is -0.110. The Labute approximate surface area is 170 Å². The van der Waals surface area contributed by atoms with E-state index in [1.54, 1.807) is 7.11 Å². The number of hydrogen-bond donors (Lipinski definition) is 1. The lowest BCUT2D eigenvalue weighted by Crippen LogP contribution is -2.03. The molecule has 5 rings (SSSR count). The molecule has 0 atom stereocenters. The second-order valence-electron chi connectivity index (χ2n) is 7.74. The maximum atomic E-state index is 12.7. The first-order valence-corrected chi connectivity index (χ1v) is 10.1. The predicted octanol–water partition coefficient (Wildman–Crippen LogP) is 5.64. The van der Waals surface area contributed by atoms with Crippen molar-refractivity contribution in [2.45, 2.75) is 32.6 Å². The monoisotopic (exact) mass is 385 g/mol. The molecule has 1 aromatic heterocycles. The summed E-state index contributed by atoms with van der Waals surface area (Å²) in [7, 11) is 1.63. The topological polar surface area (TPSA) is 51.5 Å². The molecule has 0 spiro atoms. The molecule has 2 aliphatic rings. The van der Waals surface area contributed by atoms with E-state index in [4.69, 9.17) is 9.15 Å². The zero-order chi connectivity index (χ0) is 20.0. The first-order chi connectivity index (χ1) is 14.1. The van der Waals surface area contributed by atoms with E-state index >= 15 is 0 Å². The van der Waals surface area contributed by atoms with Crippen molar-refractivity contribution in [2.24, 2.45) is 0 Å². The van der Waals surface area contributed by atoms with E-state index in [-0.39, 0.29) is 5.91 Å². The van der Waals surface area contributed by atoms with Gasteiger partial charge in [0.15, 0.2) is 0 Å². The number of rotatable bonds is 3. The molecule has 4 heteroatoms. The van der Waals surface area contributed by atoms with Crippen molar-refractivity contribution in [3.8, 4) is 16.9 Å². The van der Waals surface area contributed by atoms with E-state index in [2.05, 4.69) is 36.5 Å². The number of amides is 1. The molecule has 1 aliphatic carbocycles. The lowest BCUT2D eigenvalue weighted by atomic mass is 9.90. The highest BCUT2D eigenvalue weighted by atomic mass is 16.5. The molecule has 3 aromatic rings. The summed E-state index contributed by atoms with van der Waals surface area (Å²) in [6.45, 7) is 2.09. The summed E-state index contributed by atoms with van der Waals surface area (Å²) in [6.07, 6.45) is 6.18. The SMILES string of the molecule is COc1ccc2c(c1)C(=Cc1oc3c(c1-c1ccc(C)cc1)CCCC3)C(=O)N2. The average Bonchev–Trinajstić information content (AvgIpc) is 3.25. The van der Waals surface area contributed by atoms with Crippen LogP contribution in [0.1, 0.15) is 41.1 Å². The van der Waals surface area contributed by atoms with E-state index in [1.165, 1.54) is 17.5 Å². The Kier molecular flexibility index (Phi) is 4.27. The van der Waals surface area contributed by atoms with Crippen molar-refractivity contribution in [1.82, 2.24) is 0 Å². The van der Waals surface area contributed by atoms with Crippen LogP contribution in [0, 0.1) is 6.92 Å². The second-order valence-corrected chi connectivity index (χ2v) is 7.74. The molecule has 0 fully saturated rings. The summed E-state index contributed by atoms with van der Waals surface area (Å²) in [6, 6.07) is 14.2. The third-order valence-electron chi connectivity index (χ3n) is 5.82. The Morgan fingerprint density at radius 1 is 1.07 bits per heavy atom. The first kappa shape index (κ1) is 17.8. The number of ether oxygens (including phenoxy) is 1. The summed E-state index contributed by atoms with van der Waals surface area (Å²) < 4.78 is 11.7. The summed E-state index contributed by atoms with van der Waals surface area (Å²) >= 11 is 0. The van der Waals surface area contributed by atoms with Crippen molar-refractivity contribution in [1.29, 1.82) is 0 Å². The zero-order valence-corrected chi connectivity index (χ0v) is 16.7. The number of hydrogen-bond acceptors (Lipinski definition) is 3. The summed E-state index contributed by atoms with van der Waals surface area (Å²) in [5.74, 6) is 2.44. The highest BCUT2D eigenvalue weighted by Gasteiger charge is 2.28. The highest BCUT2D eigenvalue weighted by Crippen LogP contribution is 2.41. The molecule has 2 heterocycles. The molecule has 146 valence electrons. The molecule has 29 heavy (non-hydrogen) atoms. The summed E-state index contributed by atoms with van der Waals surface area (Å²) in [5, 5.41) is 2.94. The predicted molar refractivity (Wildman–Crippen MR) is 115 cm³/mol. The number of methoxy groups -OCH3 is 1. The Hall–Kier alpha value is -3.27. The fraction of sp³-hybridized carbons (Fsp3) is 0.240. The number of carbonyl (C=O) groups is 1. The van der Waals surface area contributed by atoms with Crippen LogP contribution in [0.5, 0.6) is 5.75 Å². The van der Waals surface area contributed by atoms with Crippen LogP contribution in [-0.4, -0.2) is 13.0 Å². The van der Waals surface area contributed by atoms with Crippen LogP contribution in [0.3, 0.4) is 0 Å². The number of carbonyl (C=O) groups excluding carboxylic acids is 1. The summed E-state index contributed by atoms with van der Waals surface area (Å²) in [4.78, 5) is 12.7. The largest absolute Gasteiger partial charge is 0.497 e. The van der Waals surface area contributed by atoms with Gasteiger partial charge in [-0.25, -0.2) is 0 Å². The third-order valence-corrected chi connectivity index (χ3v) is 5.82. The molecule has 1 amide bonds. The van der Waals surface area contributed by atoms with Crippen molar-refractivity contribution in [3.63, 3.8) is 0 Å². The van der Waals surface area contributed by atoms with E-state index in [9.17, 15) is 4.79 Å². The fourth-order valence-electron chi connectivity index (χ4n) is 4.29. The third kappa shape index (κ3) is 3.05. The first-order valence-electron chi connectivity index (χ1n) is 10.1. The van der Waals surface area contributed by atoms with Gasteiger partial charge in [-0.1, -0.05) is 29.8 Å². The molecule has 4 nitrogen and oxygen atoms in total.